The molecule has 1 fully saturated rings. The highest BCUT2D eigenvalue weighted by molar-refractivity contribution is 5.49. The summed E-state index contributed by atoms with van der Waals surface area (Å²) in [6, 6.07) is 10.0. The van der Waals surface area contributed by atoms with Crippen LogP contribution in [-0.4, -0.2) is 36.1 Å². The molecule has 110 valence electrons. The van der Waals surface area contributed by atoms with E-state index in [1.807, 2.05) is 32.0 Å². The van der Waals surface area contributed by atoms with Crippen molar-refractivity contribution in [3.8, 4) is 11.6 Å². The number of ether oxygens (including phenoxy) is 1. The molecule has 2 aromatic rings. The molecule has 0 aliphatic carbocycles. The molecular formula is C16H20N4O. The van der Waals surface area contributed by atoms with Crippen molar-refractivity contribution in [2.75, 3.05) is 31.1 Å². The summed E-state index contributed by atoms with van der Waals surface area (Å²) in [6.07, 6.45) is 0. The van der Waals surface area contributed by atoms with Crippen LogP contribution in [0, 0.1) is 13.8 Å². The first-order valence-electron chi connectivity index (χ1n) is 7.26. The molecule has 1 N–H and O–H groups in total. The van der Waals surface area contributed by atoms with Gasteiger partial charge >= 0.3 is 0 Å². The standard InChI is InChI=1S/C16H20N4O/c1-12-11-16(19-13(2)18-12)21-15-5-3-14(4-6-15)20-9-7-17-8-10-20/h3-6,11,17H,7-10H2,1-2H3. The second-order valence-electron chi connectivity index (χ2n) is 5.23. The van der Waals surface area contributed by atoms with E-state index in [0.717, 1.165) is 43.4 Å². The lowest BCUT2D eigenvalue weighted by atomic mass is 10.2. The van der Waals surface area contributed by atoms with E-state index in [4.69, 9.17) is 4.74 Å². The molecule has 0 spiro atoms. The van der Waals surface area contributed by atoms with E-state index >= 15 is 0 Å². The van der Waals surface area contributed by atoms with Crippen molar-refractivity contribution in [2.24, 2.45) is 0 Å². The molecule has 1 aromatic carbocycles. The van der Waals surface area contributed by atoms with Crippen molar-refractivity contribution in [1.29, 1.82) is 0 Å². The molecular weight excluding hydrogens is 264 g/mol. The molecule has 3 rings (SSSR count). The fourth-order valence-corrected chi connectivity index (χ4v) is 2.50. The first kappa shape index (κ1) is 13.8. The van der Waals surface area contributed by atoms with E-state index in [1.165, 1.54) is 5.69 Å². The fraction of sp³-hybridized carbons (Fsp3) is 0.375. The highest BCUT2D eigenvalue weighted by atomic mass is 16.5. The Balaban J connectivity index is 1.71. The minimum Gasteiger partial charge on any atom is -0.439 e. The fourth-order valence-electron chi connectivity index (χ4n) is 2.50. The smallest absolute Gasteiger partial charge is 0.222 e. The number of benzene rings is 1. The molecule has 1 saturated heterocycles. The van der Waals surface area contributed by atoms with Crippen molar-refractivity contribution in [2.45, 2.75) is 13.8 Å². The number of aromatic nitrogens is 2. The highest BCUT2D eigenvalue weighted by Crippen LogP contribution is 2.24. The SMILES string of the molecule is Cc1cc(Oc2ccc(N3CCNCC3)cc2)nc(C)n1. The minimum absolute atomic E-state index is 0.593. The predicted octanol–water partition coefficient (Wildman–Crippen LogP) is 2.30. The van der Waals surface area contributed by atoms with E-state index in [2.05, 4.69) is 32.3 Å². The van der Waals surface area contributed by atoms with Gasteiger partial charge in [0.2, 0.25) is 5.88 Å². The summed E-state index contributed by atoms with van der Waals surface area (Å²) in [5.41, 5.74) is 2.15. The van der Waals surface area contributed by atoms with E-state index in [0.29, 0.717) is 5.88 Å². The molecule has 1 aliphatic rings. The molecule has 2 heterocycles. The van der Waals surface area contributed by atoms with Crippen LogP contribution in [0.15, 0.2) is 30.3 Å². The molecule has 0 saturated carbocycles. The number of hydrogen-bond donors (Lipinski definition) is 1. The van der Waals surface area contributed by atoms with E-state index < -0.39 is 0 Å². The van der Waals surface area contributed by atoms with Gasteiger partial charge in [-0.1, -0.05) is 0 Å². The van der Waals surface area contributed by atoms with Gasteiger partial charge in [-0.15, -0.1) is 0 Å². The van der Waals surface area contributed by atoms with Gasteiger partial charge in [-0.3, -0.25) is 0 Å². The van der Waals surface area contributed by atoms with Gasteiger partial charge in [0, 0.05) is 43.6 Å². The van der Waals surface area contributed by atoms with Crippen LogP contribution in [0.4, 0.5) is 5.69 Å². The lowest BCUT2D eigenvalue weighted by Crippen LogP contribution is -2.43. The van der Waals surface area contributed by atoms with Crippen LogP contribution in [0.25, 0.3) is 0 Å². The predicted molar refractivity (Wildman–Crippen MR) is 83.1 cm³/mol. The first-order chi connectivity index (χ1) is 10.2. The van der Waals surface area contributed by atoms with Crippen LogP contribution in [0.3, 0.4) is 0 Å². The molecule has 1 aromatic heterocycles. The third-order valence-corrected chi connectivity index (χ3v) is 3.48. The number of piperazine rings is 1. The summed E-state index contributed by atoms with van der Waals surface area (Å²) in [6.45, 7) is 7.98. The van der Waals surface area contributed by atoms with Crippen LogP contribution in [-0.2, 0) is 0 Å². The van der Waals surface area contributed by atoms with Gasteiger partial charge in [0.05, 0.1) is 0 Å². The van der Waals surface area contributed by atoms with Gasteiger partial charge in [0.25, 0.3) is 0 Å². The Bertz CT molecular complexity index is 586. The van der Waals surface area contributed by atoms with E-state index in [-0.39, 0.29) is 0 Å². The normalized spacial score (nSPS) is 15.0. The van der Waals surface area contributed by atoms with Crippen molar-refractivity contribution >= 4 is 5.69 Å². The number of nitrogens with zero attached hydrogens (tertiary/aromatic N) is 3. The Labute approximate surface area is 125 Å². The van der Waals surface area contributed by atoms with Crippen molar-refractivity contribution in [1.82, 2.24) is 15.3 Å². The third-order valence-electron chi connectivity index (χ3n) is 3.48. The highest BCUT2D eigenvalue weighted by Gasteiger charge is 2.10. The maximum absolute atomic E-state index is 5.80. The number of hydrogen-bond acceptors (Lipinski definition) is 5. The Hall–Kier alpha value is -2.14. The summed E-state index contributed by atoms with van der Waals surface area (Å²) in [7, 11) is 0. The lowest BCUT2D eigenvalue weighted by Gasteiger charge is -2.29. The molecule has 0 amide bonds. The van der Waals surface area contributed by atoms with E-state index in [1.54, 1.807) is 0 Å². The molecule has 0 bridgehead atoms. The van der Waals surface area contributed by atoms with Crippen LogP contribution < -0.4 is 15.0 Å². The third kappa shape index (κ3) is 3.49. The van der Waals surface area contributed by atoms with E-state index in [9.17, 15) is 0 Å². The van der Waals surface area contributed by atoms with Crippen LogP contribution in [0.1, 0.15) is 11.5 Å². The van der Waals surface area contributed by atoms with Gasteiger partial charge in [0.15, 0.2) is 0 Å². The summed E-state index contributed by atoms with van der Waals surface area (Å²) in [5, 5.41) is 3.36. The zero-order chi connectivity index (χ0) is 14.7. The van der Waals surface area contributed by atoms with Crippen molar-refractivity contribution in [3.63, 3.8) is 0 Å². The largest absolute Gasteiger partial charge is 0.439 e. The average molecular weight is 284 g/mol. The molecule has 0 radical (unpaired) electrons. The molecule has 5 heteroatoms. The topological polar surface area (TPSA) is 50.3 Å². The van der Waals surface area contributed by atoms with Crippen LogP contribution >= 0.6 is 0 Å². The number of aryl methyl sites for hydroxylation is 2. The molecule has 5 nitrogen and oxygen atoms in total. The summed E-state index contributed by atoms with van der Waals surface area (Å²) in [5.74, 6) is 2.11. The Morgan fingerprint density at radius 1 is 1.05 bits per heavy atom. The Kier molecular flexibility index (Phi) is 4.01. The lowest BCUT2D eigenvalue weighted by molar-refractivity contribution is 0.459. The maximum Gasteiger partial charge on any atom is 0.222 e. The first-order valence-corrected chi connectivity index (χ1v) is 7.26. The van der Waals surface area contributed by atoms with Crippen molar-refractivity contribution in [3.05, 3.63) is 41.9 Å². The monoisotopic (exact) mass is 284 g/mol. The summed E-state index contributed by atoms with van der Waals surface area (Å²) < 4.78 is 5.80. The second kappa shape index (κ2) is 6.10. The van der Waals surface area contributed by atoms with Gasteiger partial charge in [-0.2, -0.15) is 4.98 Å². The zero-order valence-corrected chi connectivity index (χ0v) is 12.5. The number of rotatable bonds is 3. The Morgan fingerprint density at radius 3 is 2.43 bits per heavy atom. The van der Waals surface area contributed by atoms with Gasteiger partial charge < -0.3 is 15.0 Å². The molecule has 1 aliphatic heterocycles. The second-order valence-corrected chi connectivity index (χ2v) is 5.23. The average Bonchev–Trinajstić information content (AvgIpc) is 2.48. The Morgan fingerprint density at radius 2 is 1.76 bits per heavy atom. The van der Waals surface area contributed by atoms with Crippen LogP contribution in [0.2, 0.25) is 0 Å². The maximum atomic E-state index is 5.80. The summed E-state index contributed by atoms with van der Waals surface area (Å²) in [4.78, 5) is 10.9. The quantitative estimate of drug-likeness (QED) is 0.937. The number of anilines is 1. The van der Waals surface area contributed by atoms with Gasteiger partial charge in [-0.25, -0.2) is 4.98 Å². The zero-order valence-electron chi connectivity index (χ0n) is 12.5. The van der Waals surface area contributed by atoms with Gasteiger partial charge in [0.1, 0.15) is 11.6 Å². The van der Waals surface area contributed by atoms with Gasteiger partial charge in [-0.05, 0) is 38.1 Å². The van der Waals surface area contributed by atoms with Crippen LogP contribution in [0.5, 0.6) is 11.6 Å². The molecule has 0 unspecified atom stereocenters. The van der Waals surface area contributed by atoms with Crippen molar-refractivity contribution < 1.29 is 4.74 Å². The molecule has 21 heavy (non-hydrogen) atoms. The minimum atomic E-state index is 0.593. The summed E-state index contributed by atoms with van der Waals surface area (Å²) >= 11 is 0. The number of nitrogens with one attached hydrogen (secondary N) is 1. The molecule has 0 atom stereocenters.